The van der Waals surface area contributed by atoms with E-state index in [0.29, 0.717) is 24.2 Å². The van der Waals surface area contributed by atoms with Crippen molar-refractivity contribution in [3.63, 3.8) is 0 Å². The van der Waals surface area contributed by atoms with Crippen LogP contribution in [0.1, 0.15) is 30.9 Å². The van der Waals surface area contributed by atoms with Crippen LogP contribution in [-0.2, 0) is 15.8 Å². The van der Waals surface area contributed by atoms with E-state index in [-0.39, 0.29) is 11.3 Å². The normalized spacial score (nSPS) is 19.1. The van der Waals surface area contributed by atoms with Crippen molar-refractivity contribution in [2.75, 3.05) is 20.1 Å². The van der Waals surface area contributed by atoms with Gasteiger partial charge in [0.2, 0.25) is 10.0 Å². The van der Waals surface area contributed by atoms with Gasteiger partial charge in [0.15, 0.2) is 0 Å². The van der Waals surface area contributed by atoms with Gasteiger partial charge in [-0.15, -0.1) is 0 Å². The average molecular weight is 307 g/mol. The molecule has 0 bridgehead atoms. The summed E-state index contributed by atoms with van der Waals surface area (Å²) in [5.41, 5.74) is 1.01. The zero-order chi connectivity index (χ0) is 15.5. The first-order valence-electron chi connectivity index (χ1n) is 7.05. The number of sulfonamides is 1. The molecule has 0 radical (unpaired) electrons. The van der Waals surface area contributed by atoms with Crippen LogP contribution in [0.5, 0.6) is 0 Å². The first-order chi connectivity index (χ1) is 9.90. The Balaban J connectivity index is 2.12. The molecule has 0 amide bonds. The highest BCUT2D eigenvalue weighted by Gasteiger charge is 2.33. The largest absolute Gasteiger partial charge is 0.314 e. The maximum atomic E-state index is 12.5. The van der Waals surface area contributed by atoms with Crippen molar-refractivity contribution >= 4 is 10.0 Å². The third-order valence-corrected chi connectivity index (χ3v) is 6.13. The fourth-order valence-electron chi connectivity index (χ4n) is 2.55. The van der Waals surface area contributed by atoms with Crippen molar-refractivity contribution in [2.45, 2.75) is 31.1 Å². The van der Waals surface area contributed by atoms with E-state index in [1.807, 2.05) is 7.05 Å². The van der Waals surface area contributed by atoms with Gasteiger partial charge in [0.25, 0.3) is 0 Å². The second kappa shape index (κ2) is 6.14. The molecule has 6 heteroatoms. The van der Waals surface area contributed by atoms with Crippen LogP contribution < -0.4 is 5.32 Å². The predicted molar refractivity (Wildman–Crippen MR) is 82.1 cm³/mol. The van der Waals surface area contributed by atoms with E-state index in [1.54, 1.807) is 28.6 Å². The van der Waals surface area contributed by atoms with Crippen LogP contribution in [0.2, 0.25) is 0 Å². The number of hydrogen-bond acceptors (Lipinski definition) is 4. The molecular weight excluding hydrogens is 286 g/mol. The number of nitrogens with zero attached hydrogens (tertiary/aromatic N) is 2. The Morgan fingerprint density at radius 2 is 1.95 bits per heavy atom. The molecular formula is C15H21N3O2S. The second-order valence-corrected chi connectivity index (χ2v) is 7.70. The van der Waals surface area contributed by atoms with Crippen LogP contribution in [0.3, 0.4) is 0 Å². The van der Waals surface area contributed by atoms with Gasteiger partial charge >= 0.3 is 0 Å². The van der Waals surface area contributed by atoms with Crippen LogP contribution in [0, 0.1) is 11.3 Å². The van der Waals surface area contributed by atoms with E-state index in [0.717, 1.165) is 12.8 Å². The predicted octanol–water partition coefficient (Wildman–Crippen LogP) is 1.46. The van der Waals surface area contributed by atoms with Crippen LogP contribution in [0.25, 0.3) is 0 Å². The number of piperidine rings is 1. The molecule has 5 nitrogen and oxygen atoms in total. The Kier molecular flexibility index (Phi) is 4.67. The number of nitrogens with one attached hydrogen (secondary N) is 1. The minimum Gasteiger partial charge on any atom is -0.314 e. The molecule has 21 heavy (non-hydrogen) atoms. The minimum atomic E-state index is -3.37. The van der Waals surface area contributed by atoms with Crippen LogP contribution in [-0.4, -0.2) is 38.4 Å². The summed E-state index contributed by atoms with van der Waals surface area (Å²) in [6.45, 7) is 3.16. The minimum absolute atomic E-state index is 0.0105. The van der Waals surface area contributed by atoms with E-state index in [9.17, 15) is 8.42 Å². The molecule has 0 aromatic heterocycles. The van der Waals surface area contributed by atoms with Crippen molar-refractivity contribution in [2.24, 2.45) is 0 Å². The summed E-state index contributed by atoms with van der Waals surface area (Å²) >= 11 is 0. The maximum Gasteiger partial charge on any atom is 0.218 e. The molecule has 114 valence electrons. The lowest BCUT2D eigenvalue weighted by Crippen LogP contribution is -2.51. The van der Waals surface area contributed by atoms with Gasteiger partial charge in [0.05, 0.1) is 17.4 Å². The zero-order valence-corrected chi connectivity index (χ0v) is 13.3. The summed E-state index contributed by atoms with van der Waals surface area (Å²) in [5, 5.41) is 12.3. The third-order valence-electron chi connectivity index (χ3n) is 4.30. The number of benzene rings is 1. The molecule has 0 saturated carbocycles. The van der Waals surface area contributed by atoms with E-state index in [2.05, 4.69) is 18.3 Å². The van der Waals surface area contributed by atoms with E-state index >= 15 is 0 Å². The highest BCUT2D eigenvalue weighted by molar-refractivity contribution is 7.88. The van der Waals surface area contributed by atoms with Gasteiger partial charge in [-0.1, -0.05) is 18.2 Å². The monoisotopic (exact) mass is 307 g/mol. The van der Waals surface area contributed by atoms with Crippen molar-refractivity contribution < 1.29 is 8.42 Å². The van der Waals surface area contributed by atoms with Gasteiger partial charge in [0, 0.05) is 18.6 Å². The van der Waals surface area contributed by atoms with Crippen LogP contribution in [0.15, 0.2) is 24.3 Å². The lowest BCUT2D eigenvalue weighted by atomic mass is 9.91. The van der Waals surface area contributed by atoms with Gasteiger partial charge < -0.3 is 5.32 Å². The molecule has 1 N–H and O–H groups in total. The highest BCUT2D eigenvalue weighted by atomic mass is 32.2. The Morgan fingerprint density at radius 3 is 2.52 bits per heavy atom. The zero-order valence-electron chi connectivity index (χ0n) is 12.5. The summed E-state index contributed by atoms with van der Waals surface area (Å²) in [4.78, 5) is 0. The molecule has 1 saturated heterocycles. The molecule has 0 unspecified atom stereocenters. The summed E-state index contributed by atoms with van der Waals surface area (Å²) in [7, 11) is -1.46. The van der Waals surface area contributed by atoms with Crippen molar-refractivity contribution in [1.29, 1.82) is 5.26 Å². The van der Waals surface area contributed by atoms with E-state index < -0.39 is 10.0 Å². The molecule has 1 aromatic rings. The SMILES string of the molecule is CNC1(C)CCN(S(=O)(=O)Cc2ccccc2C#N)CC1. The maximum absolute atomic E-state index is 12.5. The van der Waals surface area contributed by atoms with Gasteiger partial charge in [-0.3, -0.25) is 0 Å². The Bertz CT molecular complexity index is 641. The van der Waals surface area contributed by atoms with Gasteiger partial charge in [-0.2, -0.15) is 5.26 Å². The van der Waals surface area contributed by atoms with Crippen molar-refractivity contribution in [3.05, 3.63) is 35.4 Å². The van der Waals surface area contributed by atoms with E-state index in [4.69, 9.17) is 5.26 Å². The molecule has 0 spiro atoms. The lowest BCUT2D eigenvalue weighted by molar-refractivity contribution is 0.219. The van der Waals surface area contributed by atoms with Crippen molar-refractivity contribution in [3.8, 4) is 6.07 Å². The highest BCUT2D eigenvalue weighted by Crippen LogP contribution is 2.24. The molecule has 1 aliphatic rings. The first kappa shape index (κ1) is 16.0. The topological polar surface area (TPSA) is 73.2 Å². The Labute approximate surface area is 126 Å². The fourth-order valence-corrected chi connectivity index (χ4v) is 4.12. The molecule has 2 rings (SSSR count). The molecule has 0 aliphatic carbocycles. The van der Waals surface area contributed by atoms with Crippen LogP contribution in [0.4, 0.5) is 0 Å². The summed E-state index contributed by atoms with van der Waals surface area (Å²) in [6.07, 6.45) is 1.59. The summed E-state index contributed by atoms with van der Waals surface area (Å²) in [6, 6.07) is 8.92. The molecule has 1 fully saturated rings. The Hall–Kier alpha value is -1.42. The quantitative estimate of drug-likeness (QED) is 0.914. The van der Waals surface area contributed by atoms with Crippen LogP contribution >= 0.6 is 0 Å². The molecule has 1 aromatic carbocycles. The number of nitriles is 1. The first-order valence-corrected chi connectivity index (χ1v) is 8.66. The molecule has 1 aliphatic heterocycles. The summed E-state index contributed by atoms with van der Waals surface area (Å²) in [5.74, 6) is -0.104. The van der Waals surface area contributed by atoms with Gasteiger partial charge in [-0.25, -0.2) is 12.7 Å². The standard InChI is InChI=1S/C15H21N3O2S/c1-15(17-2)7-9-18(10-8-15)21(19,20)12-14-6-4-3-5-13(14)11-16/h3-6,17H,7-10,12H2,1-2H3. The average Bonchev–Trinajstić information content (AvgIpc) is 2.48. The number of rotatable bonds is 4. The van der Waals surface area contributed by atoms with Gasteiger partial charge in [0.1, 0.15) is 0 Å². The van der Waals surface area contributed by atoms with Gasteiger partial charge in [-0.05, 0) is 38.4 Å². The smallest absolute Gasteiger partial charge is 0.218 e. The second-order valence-electron chi connectivity index (χ2n) is 5.73. The van der Waals surface area contributed by atoms with E-state index in [1.165, 1.54) is 0 Å². The molecule has 0 atom stereocenters. The van der Waals surface area contributed by atoms with Crippen molar-refractivity contribution in [1.82, 2.24) is 9.62 Å². The fraction of sp³-hybridized carbons (Fsp3) is 0.533. The summed E-state index contributed by atoms with van der Waals surface area (Å²) < 4.78 is 26.6. The number of hydrogen-bond donors (Lipinski definition) is 1. The molecule has 1 heterocycles. The lowest BCUT2D eigenvalue weighted by Gasteiger charge is -2.38. The Morgan fingerprint density at radius 1 is 1.33 bits per heavy atom. The third kappa shape index (κ3) is 3.62.